The number of amides is 1. The average molecular weight is 241 g/mol. The average Bonchev–Trinajstić information content (AvgIpc) is 2.64. The zero-order chi connectivity index (χ0) is 13.1. The van der Waals surface area contributed by atoms with Gasteiger partial charge < -0.3 is 10.4 Å². The molecule has 4 nitrogen and oxygen atoms in total. The Balaban J connectivity index is 2.60. The number of hydrogen-bond acceptors (Lipinski definition) is 2. The van der Waals surface area contributed by atoms with Gasteiger partial charge in [0, 0.05) is 5.41 Å². The zero-order valence-electron chi connectivity index (χ0n) is 11.0. The first-order valence-corrected chi connectivity index (χ1v) is 6.39. The van der Waals surface area contributed by atoms with Gasteiger partial charge in [-0.25, -0.2) is 4.79 Å². The summed E-state index contributed by atoms with van der Waals surface area (Å²) in [6, 6.07) is -0.750. The van der Waals surface area contributed by atoms with Crippen LogP contribution in [0.15, 0.2) is 0 Å². The molecule has 17 heavy (non-hydrogen) atoms. The molecule has 0 radical (unpaired) electrons. The first-order valence-electron chi connectivity index (χ1n) is 6.39. The highest BCUT2D eigenvalue weighted by Crippen LogP contribution is 2.37. The van der Waals surface area contributed by atoms with E-state index in [1.54, 1.807) is 0 Å². The fourth-order valence-electron chi connectivity index (χ4n) is 2.41. The van der Waals surface area contributed by atoms with E-state index < -0.39 is 12.0 Å². The van der Waals surface area contributed by atoms with E-state index in [1.807, 2.05) is 20.8 Å². The minimum atomic E-state index is -0.936. The predicted octanol–water partition coefficient (Wildman–Crippen LogP) is 2.18. The second-order valence-corrected chi connectivity index (χ2v) is 5.76. The van der Waals surface area contributed by atoms with Gasteiger partial charge in [-0.15, -0.1) is 0 Å². The summed E-state index contributed by atoms with van der Waals surface area (Å²) in [6.45, 7) is 5.85. The molecule has 0 aromatic heterocycles. The molecule has 0 heterocycles. The summed E-state index contributed by atoms with van der Waals surface area (Å²) in [5, 5.41) is 11.8. The van der Waals surface area contributed by atoms with Gasteiger partial charge in [-0.2, -0.15) is 0 Å². The summed E-state index contributed by atoms with van der Waals surface area (Å²) in [5.41, 5.74) is -0.356. The molecule has 0 spiro atoms. The standard InChI is InChI=1S/C13H23NO3/c1-9(2)8-10(11(15)16)14-12(17)13(3)6-4-5-7-13/h9-10H,4-8H2,1-3H3,(H,14,17)(H,15,16). The smallest absolute Gasteiger partial charge is 0.326 e. The van der Waals surface area contributed by atoms with Gasteiger partial charge in [0.25, 0.3) is 0 Å². The third kappa shape index (κ3) is 3.72. The molecule has 1 saturated carbocycles. The normalized spacial score (nSPS) is 20.2. The van der Waals surface area contributed by atoms with Gasteiger partial charge in [0.05, 0.1) is 0 Å². The SMILES string of the molecule is CC(C)CC(NC(=O)C1(C)CCCC1)C(=O)O. The molecule has 0 bridgehead atoms. The quantitative estimate of drug-likeness (QED) is 0.775. The zero-order valence-corrected chi connectivity index (χ0v) is 11.0. The van der Waals surface area contributed by atoms with Gasteiger partial charge in [-0.05, 0) is 25.2 Å². The summed E-state index contributed by atoms with van der Waals surface area (Å²) in [6.07, 6.45) is 4.34. The van der Waals surface area contributed by atoms with Gasteiger partial charge in [-0.1, -0.05) is 33.6 Å². The third-order valence-electron chi connectivity index (χ3n) is 3.57. The van der Waals surface area contributed by atoms with Crippen LogP contribution in [0.3, 0.4) is 0 Å². The highest BCUT2D eigenvalue weighted by molar-refractivity contribution is 5.87. The van der Waals surface area contributed by atoms with E-state index in [0.29, 0.717) is 6.42 Å². The maximum absolute atomic E-state index is 12.1. The lowest BCUT2D eigenvalue weighted by molar-refractivity contribution is -0.144. The lowest BCUT2D eigenvalue weighted by atomic mass is 9.87. The molecule has 1 amide bonds. The van der Waals surface area contributed by atoms with Gasteiger partial charge in [0.1, 0.15) is 6.04 Å². The van der Waals surface area contributed by atoms with Crippen LogP contribution in [0.1, 0.15) is 52.9 Å². The lowest BCUT2D eigenvalue weighted by Crippen LogP contribution is -2.47. The van der Waals surface area contributed by atoms with E-state index in [2.05, 4.69) is 5.32 Å². The Hall–Kier alpha value is -1.06. The first kappa shape index (κ1) is 14.0. The van der Waals surface area contributed by atoms with Crippen LogP contribution in [0, 0.1) is 11.3 Å². The van der Waals surface area contributed by atoms with Crippen LogP contribution in [-0.2, 0) is 9.59 Å². The number of nitrogens with one attached hydrogen (secondary N) is 1. The Bertz CT molecular complexity index is 293. The Labute approximate surface area is 103 Å². The highest BCUT2D eigenvalue weighted by atomic mass is 16.4. The summed E-state index contributed by atoms with van der Waals surface area (Å²) < 4.78 is 0. The number of aliphatic carboxylic acids is 1. The second kappa shape index (κ2) is 5.52. The Kier molecular flexibility index (Phi) is 4.54. The fourth-order valence-corrected chi connectivity index (χ4v) is 2.41. The highest BCUT2D eigenvalue weighted by Gasteiger charge is 2.38. The van der Waals surface area contributed by atoms with E-state index in [1.165, 1.54) is 0 Å². The van der Waals surface area contributed by atoms with Crippen molar-refractivity contribution in [3.8, 4) is 0 Å². The molecule has 0 aliphatic heterocycles. The molecule has 4 heteroatoms. The Morgan fingerprint density at radius 3 is 2.24 bits per heavy atom. The van der Waals surface area contributed by atoms with Crippen molar-refractivity contribution in [2.45, 2.75) is 58.9 Å². The molecular formula is C13H23NO3. The van der Waals surface area contributed by atoms with E-state index in [0.717, 1.165) is 25.7 Å². The predicted molar refractivity (Wildman–Crippen MR) is 65.6 cm³/mol. The van der Waals surface area contributed by atoms with Crippen molar-refractivity contribution in [2.75, 3.05) is 0 Å². The Morgan fingerprint density at radius 1 is 1.29 bits per heavy atom. The molecule has 1 fully saturated rings. The molecule has 1 aliphatic rings. The van der Waals surface area contributed by atoms with E-state index in [-0.39, 0.29) is 17.2 Å². The maximum Gasteiger partial charge on any atom is 0.326 e. The number of hydrogen-bond donors (Lipinski definition) is 2. The largest absolute Gasteiger partial charge is 0.480 e. The van der Waals surface area contributed by atoms with E-state index >= 15 is 0 Å². The molecule has 1 atom stereocenters. The number of carboxylic acid groups (broad SMARTS) is 1. The van der Waals surface area contributed by atoms with Crippen molar-refractivity contribution >= 4 is 11.9 Å². The van der Waals surface area contributed by atoms with Crippen LogP contribution < -0.4 is 5.32 Å². The van der Waals surface area contributed by atoms with Crippen molar-refractivity contribution in [1.29, 1.82) is 0 Å². The van der Waals surface area contributed by atoms with Crippen LogP contribution >= 0.6 is 0 Å². The van der Waals surface area contributed by atoms with Crippen molar-refractivity contribution in [2.24, 2.45) is 11.3 Å². The van der Waals surface area contributed by atoms with Gasteiger partial charge in [0.15, 0.2) is 0 Å². The number of carboxylic acids is 1. The number of carbonyl (C=O) groups excluding carboxylic acids is 1. The summed E-state index contributed by atoms with van der Waals surface area (Å²) >= 11 is 0. The number of rotatable bonds is 5. The van der Waals surface area contributed by atoms with Crippen LogP contribution in [0.5, 0.6) is 0 Å². The van der Waals surface area contributed by atoms with Gasteiger partial charge in [-0.3, -0.25) is 4.79 Å². The van der Waals surface area contributed by atoms with Crippen molar-refractivity contribution in [1.82, 2.24) is 5.32 Å². The summed E-state index contributed by atoms with van der Waals surface area (Å²) in [7, 11) is 0. The van der Waals surface area contributed by atoms with Crippen molar-refractivity contribution < 1.29 is 14.7 Å². The molecule has 1 unspecified atom stereocenters. The van der Waals surface area contributed by atoms with Crippen LogP contribution in [0.2, 0.25) is 0 Å². The molecule has 0 saturated heterocycles. The van der Waals surface area contributed by atoms with Crippen LogP contribution in [0.4, 0.5) is 0 Å². The summed E-state index contributed by atoms with van der Waals surface area (Å²) in [5.74, 6) is -0.774. The minimum absolute atomic E-state index is 0.0944. The summed E-state index contributed by atoms with van der Waals surface area (Å²) in [4.78, 5) is 23.2. The molecule has 1 aliphatic carbocycles. The first-order chi connectivity index (χ1) is 7.85. The lowest BCUT2D eigenvalue weighted by Gasteiger charge is -2.25. The minimum Gasteiger partial charge on any atom is -0.480 e. The Morgan fingerprint density at radius 2 is 1.82 bits per heavy atom. The molecular weight excluding hydrogens is 218 g/mol. The molecule has 0 aromatic carbocycles. The fraction of sp³-hybridized carbons (Fsp3) is 0.846. The van der Waals surface area contributed by atoms with Crippen LogP contribution in [0.25, 0.3) is 0 Å². The topological polar surface area (TPSA) is 66.4 Å². The van der Waals surface area contributed by atoms with E-state index in [4.69, 9.17) is 5.11 Å². The molecule has 1 rings (SSSR count). The number of carbonyl (C=O) groups is 2. The molecule has 0 aromatic rings. The molecule has 2 N–H and O–H groups in total. The van der Waals surface area contributed by atoms with Crippen LogP contribution in [-0.4, -0.2) is 23.0 Å². The van der Waals surface area contributed by atoms with Gasteiger partial charge >= 0.3 is 5.97 Å². The second-order valence-electron chi connectivity index (χ2n) is 5.76. The monoisotopic (exact) mass is 241 g/mol. The maximum atomic E-state index is 12.1. The van der Waals surface area contributed by atoms with E-state index in [9.17, 15) is 9.59 Å². The third-order valence-corrected chi connectivity index (χ3v) is 3.57. The van der Waals surface area contributed by atoms with Gasteiger partial charge in [0.2, 0.25) is 5.91 Å². The molecule has 98 valence electrons. The van der Waals surface area contributed by atoms with Crippen molar-refractivity contribution in [3.63, 3.8) is 0 Å². The van der Waals surface area contributed by atoms with Crippen molar-refractivity contribution in [3.05, 3.63) is 0 Å².